The van der Waals surface area contributed by atoms with Crippen LogP contribution in [0.1, 0.15) is 25.7 Å². The topological polar surface area (TPSA) is 94.3 Å². The van der Waals surface area contributed by atoms with Gasteiger partial charge in [0.15, 0.2) is 0 Å². The molecule has 1 saturated carbocycles. The summed E-state index contributed by atoms with van der Waals surface area (Å²) < 4.78 is 13.3. The van der Waals surface area contributed by atoms with Crippen LogP contribution in [-0.4, -0.2) is 56.1 Å². The second-order valence-electron chi connectivity index (χ2n) is 7.09. The van der Waals surface area contributed by atoms with Crippen molar-refractivity contribution < 1.29 is 14.6 Å². The molecule has 8 nitrogen and oxygen atoms in total. The Morgan fingerprint density at radius 3 is 2.96 bits per heavy atom. The maximum atomic E-state index is 10.4. The van der Waals surface area contributed by atoms with Crippen LogP contribution in [0.3, 0.4) is 0 Å². The van der Waals surface area contributed by atoms with Gasteiger partial charge in [-0.1, -0.05) is 0 Å². The fourth-order valence-corrected chi connectivity index (χ4v) is 3.75. The van der Waals surface area contributed by atoms with E-state index in [0.717, 1.165) is 45.4 Å². The van der Waals surface area contributed by atoms with E-state index in [0.29, 0.717) is 17.6 Å². The van der Waals surface area contributed by atoms with Crippen LogP contribution in [0.5, 0.6) is 5.88 Å². The van der Waals surface area contributed by atoms with Gasteiger partial charge in [0.2, 0.25) is 5.88 Å². The molecule has 1 aliphatic carbocycles. The molecule has 26 heavy (non-hydrogen) atoms. The third-order valence-electron chi connectivity index (χ3n) is 5.09. The van der Waals surface area contributed by atoms with Crippen LogP contribution in [0.25, 0.3) is 0 Å². The summed E-state index contributed by atoms with van der Waals surface area (Å²) in [6.07, 6.45) is 10.2. The molecule has 3 heterocycles. The number of aliphatic hydroxyl groups is 1. The summed E-state index contributed by atoms with van der Waals surface area (Å²) in [5.74, 6) is 1.67. The smallest absolute Gasteiger partial charge is 0.218 e. The van der Waals surface area contributed by atoms with Crippen LogP contribution in [0.15, 0.2) is 31.1 Å². The minimum atomic E-state index is -0.390. The SMILES string of the molecule is O[C@@H]1CC(Cn2ccnc2)C[C@H]1Nc1cc(OC2CCOCC2)ncn1. The monoisotopic (exact) mass is 359 g/mol. The third kappa shape index (κ3) is 4.31. The maximum absolute atomic E-state index is 10.4. The Kier molecular flexibility index (Phi) is 5.31. The van der Waals surface area contributed by atoms with Crippen LogP contribution < -0.4 is 10.1 Å². The zero-order chi connectivity index (χ0) is 17.8. The van der Waals surface area contributed by atoms with Crippen LogP contribution in [0, 0.1) is 5.92 Å². The molecule has 2 aliphatic rings. The molecular weight excluding hydrogens is 334 g/mol. The predicted molar refractivity (Wildman–Crippen MR) is 94.9 cm³/mol. The summed E-state index contributed by atoms with van der Waals surface area (Å²) in [5, 5.41) is 13.8. The molecule has 1 saturated heterocycles. The third-order valence-corrected chi connectivity index (χ3v) is 5.09. The molecule has 2 fully saturated rings. The second-order valence-corrected chi connectivity index (χ2v) is 7.09. The van der Waals surface area contributed by atoms with E-state index in [1.54, 1.807) is 6.20 Å². The van der Waals surface area contributed by atoms with Crippen molar-refractivity contribution in [2.45, 2.75) is 50.5 Å². The van der Waals surface area contributed by atoms with E-state index in [1.807, 2.05) is 18.6 Å². The highest BCUT2D eigenvalue weighted by molar-refractivity contribution is 5.39. The van der Waals surface area contributed by atoms with E-state index >= 15 is 0 Å². The Morgan fingerprint density at radius 1 is 1.27 bits per heavy atom. The van der Waals surface area contributed by atoms with Crippen molar-refractivity contribution in [3.05, 3.63) is 31.1 Å². The van der Waals surface area contributed by atoms with Gasteiger partial charge in [0.1, 0.15) is 18.2 Å². The number of aliphatic hydroxyl groups excluding tert-OH is 1. The molecule has 1 aliphatic heterocycles. The summed E-state index contributed by atoms with van der Waals surface area (Å²) in [6, 6.07) is 1.79. The summed E-state index contributed by atoms with van der Waals surface area (Å²) in [7, 11) is 0. The van der Waals surface area contributed by atoms with Gasteiger partial charge in [-0.25, -0.2) is 15.0 Å². The maximum Gasteiger partial charge on any atom is 0.218 e. The first-order chi connectivity index (χ1) is 12.8. The van der Waals surface area contributed by atoms with Crippen molar-refractivity contribution >= 4 is 5.82 Å². The minimum absolute atomic E-state index is 0.0191. The fourth-order valence-electron chi connectivity index (χ4n) is 3.75. The van der Waals surface area contributed by atoms with Gasteiger partial charge in [-0.3, -0.25) is 0 Å². The van der Waals surface area contributed by atoms with E-state index in [4.69, 9.17) is 9.47 Å². The molecule has 140 valence electrons. The molecule has 2 aromatic rings. The molecule has 2 N–H and O–H groups in total. The zero-order valence-corrected chi connectivity index (χ0v) is 14.7. The lowest BCUT2D eigenvalue weighted by molar-refractivity contribution is 0.0237. The van der Waals surface area contributed by atoms with Crippen molar-refractivity contribution in [2.75, 3.05) is 18.5 Å². The Balaban J connectivity index is 1.33. The lowest BCUT2D eigenvalue weighted by Gasteiger charge is -2.23. The highest BCUT2D eigenvalue weighted by Gasteiger charge is 2.33. The molecule has 0 radical (unpaired) electrons. The predicted octanol–water partition coefficient (Wildman–Crippen LogP) is 1.48. The van der Waals surface area contributed by atoms with Crippen molar-refractivity contribution in [1.29, 1.82) is 0 Å². The van der Waals surface area contributed by atoms with Gasteiger partial charge < -0.3 is 24.5 Å². The van der Waals surface area contributed by atoms with Gasteiger partial charge in [-0.15, -0.1) is 0 Å². The number of imidazole rings is 1. The van der Waals surface area contributed by atoms with Crippen LogP contribution in [-0.2, 0) is 11.3 Å². The minimum Gasteiger partial charge on any atom is -0.474 e. The highest BCUT2D eigenvalue weighted by atomic mass is 16.5. The Labute approximate surface area is 152 Å². The average Bonchev–Trinajstić information content (AvgIpc) is 3.27. The summed E-state index contributed by atoms with van der Waals surface area (Å²) in [4.78, 5) is 12.6. The first kappa shape index (κ1) is 17.2. The van der Waals surface area contributed by atoms with E-state index in [2.05, 4.69) is 24.8 Å². The Bertz CT molecular complexity index is 690. The Morgan fingerprint density at radius 2 is 2.15 bits per heavy atom. The van der Waals surface area contributed by atoms with Crippen molar-refractivity contribution in [3.63, 3.8) is 0 Å². The first-order valence-electron chi connectivity index (χ1n) is 9.23. The number of anilines is 1. The number of nitrogens with zero attached hydrogens (tertiary/aromatic N) is 4. The van der Waals surface area contributed by atoms with E-state index < -0.39 is 6.10 Å². The van der Waals surface area contributed by atoms with Crippen molar-refractivity contribution in [3.8, 4) is 5.88 Å². The normalized spacial score (nSPS) is 26.7. The number of hydrogen-bond acceptors (Lipinski definition) is 7. The second kappa shape index (κ2) is 8.01. The standard InChI is InChI=1S/C18H25N5O3/c24-16-8-13(10-23-4-3-19-12-23)7-15(16)22-17-9-18(21-11-20-17)26-14-1-5-25-6-2-14/h3-4,9,11-16,24H,1-2,5-8,10H2,(H,20,21,22)/t13?,15-,16-/m1/s1. The largest absolute Gasteiger partial charge is 0.474 e. The summed E-state index contributed by atoms with van der Waals surface area (Å²) >= 11 is 0. The van der Waals surface area contributed by atoms with Gasteiger partial charge in [0, 0.05) is 37.8 Å². The van der Waals surface area contributed by atoms with Gasteiger partial charge in [-0.05, 0) is 18.8 Å². The van der Waals surface area contributed by atoms with Crippen molar-refractivity contribution in [1.82, 2.24) is 19.5 Å². The molecule has 2 aromatic heterocycles. The fraction of sp³-hybridized carbons (Fsp3) is 0.611. The number of nitrogens with one attached hydrogen (secondary N) is 1. The number of aromatic nitrogens is 4. The summed E-state index contributed by atoms with van der Waals surface area (Å²) in [6.45, 7) is 2.33. The molecular formula is C18H25N5O3. The van der Waals surface area contributed by atoms with Gasteiger partial charge in [0.05, 0.1) is 31.7 Å². The zero-order valence-electron chi connectivity index (χ0n) is 14.7. The molecule has 0 spiro atoms. The van der Waals surface area contributed by atoms with Gasteiger partial charge in [-0.2, -0.15) is 0 Å². The molecule has 0 bridgehead atoms. The van der Waals surface area contributed by atoms with E-state index in [-0.39, 0.29) is 12.1 Å². The lowest BCUT2D eigenvalue weighted by Crippen LogP contribution is -2.29. The molecule has 3 atom stereocenters. The molecule has 1 unspecified atom stereocenters. The first-order valence-corrected chi connectivity index (χ1v) is 9.23. The highest BCUT2D eigenvalue weighted by Crippen LogP contribution is 2.30. The molecule has 8 heteroatoms. The average molecular weight is 359 g/mol. The quantitative estimate of drug-likeness (QED) is 0.807. The number of rotatable bonds is 6. The molecule has 4 rings (SSSR count). The van der Waals surface area contributed by atoms with Crippen molar-refractivity contribution in [2.24, 2.45) is 5.92 Å². The summed E-state index contributed by atoms with van der Waals surface area (Å²) in [5.41, 5.74) is 0. The number of ether oxygens (including phenoxy) is 2. The number of hydrogen-bond donors (Lipinski definition) is 2. The van der Waals surface area contributed by atoms with Crippen LogP contribution in [0.4, 0.5) is 5.82 Å². The van der Waals surface area contributed by atoms with Gasteiger partial charge >= 0.3 is 0 Å². The lowest BCUT2D eigenvalue weighted by atomic mass is 10.1. The Hall–Kier alpha value is -2.19. The van der Waals surface area contributed by atoms with Crippen LogP contribution >= 0.6 is 0 Å². The van der Waals surface area contributed by atoms with E-state index in [9.17, 15) is 5.11 Å². The van der Waals surface area contributed by atoms with Crippen LogP contribution in [0.2, 0.25) is 0 Å². The molecule has 0 aromatic carbocycles. The molecule has 0 amide bonds. The van der Waals surface area contributed by atoms with E-state index in [1.165, 1.54) is 6.33 Å². The van der Waals surface area contributed by atoms with Gasteiger partial charge in [0.25, 0.3) is 0 Å².